The lowest BCUT2D eigenvalue weighted by atomic mass is 10.00. The quantitative estimate of drug-likeness (QED) is 0.512. The second kappa shape index (κ2) is 7.77. The van der Waals surface area contributed by atoms with Gasteiger partial charge in [0.25, 0.3) is 0 Å². The molecule has 23 heavy (non-hydrogen) atoms. The van der Waals surface area contributed by atoms with E-state index in [4.69, 9.17) is 10.9 Å². The third-order valence-electron chi connectivity index (χ3n) is 3.35. The Morgan fingerprint density at radius 2 is 2.00 bits per heavy atom. The van der Waals surface area contributed by atoms with Gasteiger partial charge in [-0.15, -0.1) is 11.3 Å². The minimum absolute atomic E-state index is 0.112. The first-order valence-corrected chi connectivity index (χ1v) is 7.84. The monoisotopic (exact) mass is 332 g/mol. The zero-order valence-corrected chi connectivity index (χ0v) is 13.4. The Labute approximate surface area is 138 Å². The van der Waals surface area contributed by atoms with Crippen LogP contribution in [-0.4, -0.2) is 22.8 Å². The van der Waals surface area contributed by atoms with Gasteiger partial charge in [-0.3, -0.25) is 5.21 Å². The molecule has 0 fully saturated rings. The summed E-state index contributed by atoms with van der Waals surface area (Å²) in [5.74, 6) is 5.52. The fraction of sp³-hybridized carbons (Fsp3) is 0.235. The van der Waals surface area contributed by atoms with Gasteiger partial charge in [-0.25, -0.2) is 9.18 Å². The minimum Gasteiger partial charge on any atom is -0.350 e. The van der Waals surface area contributed by atoms with Crippen LogP contribution in [0, 0.1) is 17.7 Å². The van der Waals surface area contributed by atoms with Gasteiger partial charge in [0, 0.05) is 22.1 Å². The van der Waals surface area contributed by atoms with Crippen LogP contribution in [0.5, 0.6) is 0 Å². The van der Waals surface area contributed by atoms with E-state index in [1.165, 1.54) is 17.0 Å². The number of urea groups is 1. The van der Waals surface area contributed by atoms with Gasteiger partial charge in [-0.2, -0.15) is 5.06 Å². The molecular weight excluding hydrogens is 315 g/mol. The van der Waals surface area contributed by atoms with Gasteiger partial charge >= 0.3 is 6.03 Å². The molecule has 0 aliphatic carbocycles. The SMILES string of the molecule is CC(c1ccc(F)cc1)c1ccc(CC#CCN(O)C(N)=O)s1. The Kier molecular flexibility index (Phi) is 5.74. The van der Waals surface area contributed by atoms with E-state index in [-0.39, 0.29) is 18.3 Å². The number of carbonyl (C=O) groups excluding carboxylic acids is 1. The van der Waals surface area contributed by atoms with E-state index in [0.29, 0.717) is 11.5 Å². The van der Waals surface area contributed by atoms with Crippen molar-refractivity contribution in [2.24, 2.45) is 5.73 Å². The Morgan fingerprint density at radius 1 is 1.30 bits per heavy atom. The van der Waals surface area contributed by atoms with Crippen LogP contribution in [-0.2, 0) is 6.42 Å². The predicted octanol–water partition coefficient (Wildman–Crippen LogP) is 3.35. The van der Waals surface area contributed by atoms with Crippen molar-refractivity contribution in [2.75, 3.05) is 6.54 Å². The molecule has 2 amide bonds. The summed E-state index contributed by atoms with van der Waals surface area (Å²) < 4.78 is 13.0. The Balaban J connectivity index is 1.96. The molecule has 0 spiro atoms. The summed E-state index contributed by atoms with van der Waals surface area (Å²) in [5.41, 5.74) is 5.94. The van der Waals surface area contributed by atoms with E-state index in [2.05, 4.69) is 18.8 Å². The summed E-state index contributed by atoms with van der Waals surface area (Å²) in [6.07, 6.45) is 0.535. The molecule has 0 bridgehead atoms. The number of hydrogen-bond acceptors (Lipinski definition) is 3. The molecule has 0 saturated heterocycles. The smallest absolute Gasteiger partial charge is 0.339 e. The molecular formula is C17H17FN2O2S. The summed E-state index contributed by atoms with van der Waals surface area (Å²) in [5, 5.41) is 9.44. The van der Waals surface area contributed by atoms with Crippen molar-refractivity contribution in [3.63, 3.8) is 0 Å². The number of primary amides is 1. The minimum atomic E-state index is -0.925. The molecule has 1 unspecified atom stereocenters. The molecule has 1 atom stereocenters. The number of carbonyl (C=O) groups is 1. The van der Waals surface area contributed by atoms with Crippen molar-refractivity contribution in [1.82, 2.24) is 5.06 Å². The highest BCUT2D eigenvalue weighted by Gasteiger charge is 2.11. The molecule has 4 nitrogen and oxygen atoms in total. The van der Waals surface area contributed by atoms with Crippen molar-refractivity contribution in [3.8, 4) is 11.8 Å². The van der Waals surface area contributed by atoms with Gasteiger partial charge in [-0.05, 0) is 29.8 Å². The summed E-state index contributed by atoms with van der Waals surface area (Å²) >= 11 is 1.64. The van der Waals surface area contributed by atoms with Crippen LogP contribution in [0.3, 0.4) is 0 Å². The van der Waals surface area contributed by atoms with Crippen LogP contribution in [0.15, 0.2) is 36.4 Å². The Hall–Kier alpha value is -2.36. The maximum Gasteiger partial charge on any atom is 0.339 e. The largest absolute Gasteiger partial charge is 0.350 e. The predicted molar refractivity (Wildman–Crippen MR) is 87.8 cm³/mol. The third-order valence-corrected chi connectivity index (χ3v) is 4.62. The summed E-state index contributed by atoms with van der Waals surface area (Å²) in [4.78, 5) is 12.9. The molecule has 0 aliphatic heterocycles. The topological polar surface area (TPSA) is 66.6 Å². The number of thiophene rings is 1. The molecule has 120 valence electrons. The maximum absolute atomic E-state index is 13.0. The number of rotatable bonds is 4. The molecule has 2 rings (SSSR count). The zero-order valence-electron chi connectivity index (χ0n) is 12.6. The summed E-state index contributed by atoms with van der Waals surface area (Å²) in [6, 6.07) is 9.62. The molecule has 0 radical (unpaired) electrons. The molecule has 3 N–H and O–H groups in total. The van der Waals surface area contributed by atoms with Crippen LogP contribution in [0.2, 0.25) is 0 Å². The van der Waals surface area contributed by atoms with E-state index in [9.17, 15) is 9.18 Å². The number of halogens is 1. The van der Waals surface area contributed by atoms with Crippen molar-refractivity contribution < 1.29 is 14.4 Å². The van der Waals surface area contributed by atoms with Gasteiger partial charge in [-0.1, -0.05) is 30.9 Å². The lowest BCUT2D eigenvalue weighted by Gasteiger charge is -2.09. The van der Waals surface area contributed by atoms with Crippen LogP contribution < -0.4 is 5.73 Å². The van der Waals surface area contributed by atoms with Crippen molar-refractivity contribution in [2.45, 2.75) is 19.3 Å². The molecule has 2 aromatic rings. The molecule has 1 aromatic carbocycles. The molecule has 1 heterocycles. The first-order chi connectivity index (χ1) is 11.0. The number of amides is 2. The second-order valence-corrected chi connectivity index (χ2v) is 6.20. The molecule has 6 heteroatoms. The highest BCUT2D eigenvalue weighted by molar-refractivity contribution is 7.12. The highest BCUT2D eigenvalue weighted by Crippen LogP contribution is 2.30. The van der Waals surface area contributed by atoms with Crippen molar-refractivity contribution in [1.29, 1.82) is 0 Å². The third kappa shape index (κ3) is 4.81. The zero-order chi connectivity index (χ0) is 16.8. The fourth-order valence-electron chi connectivity index (χ4n) is 2.00. The average molecular weight is 332 g/mol. The van der Waals surface area contributed by atoms with Crippen molar-refractivity contribution >= 4 is 17.4 Å². The van der Waals surface area contributed by atoms with Crippen molar-refractivity contribution in [3.05, 3.63) is 57.5 Å². The van der Waals surface area contributed by atoms with Gasteiger partial charge in [0.05, 0.1) is 0 Å². The van der Waals surface area contributed by atoms with Crippen LogP contribution >= 0.6 is 11.3 Å². The standard InChI is InChI=1S/C17H17FN2O2S/c1-12(13-5-7-14(18)8-6-13)16-10-9-15(23-16)4-2-3-11-20(22)17(19)21/h5-10,12,22H,4,11H2,1H3,(H2,19,21). The second-order valence-electron chi connectivity index (χ2n) is 5.00. The number of nitrogens with zero attached hydrogens (tertiary/aromatic N) is 1. The van der Waals surface area contributed by atoms with Gasteiger partial charge in [0.1, 0.15) is 12.4 Å². The summed E-state index contributed by atoms with van der Waals surface area (Å²) in [6.45, 7) is 1.96. The van der Waals surface area contributed by atoms with Crippen LogP contribution in [0.25, 0.3) is 0 Å². The number of nitrogens with two attached hydrogens (primary N) is 1. The van der Waals surface area contributed by atoms with E-state index in [0.717, 1.165) is 10.4 Å². The Morgan fingerprint density at radius 3 is 2.65 bits per heavy atom. The van der Waals surface area contributed by atoms with Gasteiger partial charge in [0.2, 0.25) is 0 Å². The van der Waals surface area contributed by atoms with E-state index < -0.39 is 6.03 Å². The number of benzene rings is 1. The normalized spacial score (nSPS) is 11.4. The van der Waals surface area contributed by atoms with Gasteiger partial charge < -0.3 is 5.73 Å². The average Bonchev–Trinajstić information content (AvgIpc) is 3.00. The Bertz CT molecular complexity index is 731. The lowest BCUT2D eigenvalue weighted by Crippen LogP contribution is -2.32. The number of hydroxylamine groups is 2. The first-order valence-electron chi connectivity index (χ1n) is 7.03. The van der Waals surface area contributed by atoms with E-state index in [1.807, 2.05) is 12.1 Å². The summed E-state index contributed by atoms with van der Waals surface area (Å²) in [7, 11) is 0. The van der Waals surface area contributed by atoms with Crippen LogP contribution in [0.1, 0.15) is 28.2 Å². The van der Waals surface area contributed by atoms with E-state index >= 15 is 0 Å². The van der Waals surface area contributed by atoms with Gasteiger partial charge in [0.15, 0.2) is 0 Å². The van der Waals surface area contributed by atoms with Crippen LogP contribution in [0.4, 0.5) is 9.18 Å². The maximum atomic E-state index is 13.0. The molecule has 0 saturated carbocycles. The molecule has 0 aliphatic rings. The van der Waals surface area contributed by atoms with E-state index in [1.54, 1.807) is 23.5 Å². The molecule has 1 aromatic heterocycles. The highest BCUT2D eigenvalue weighted by atomic mass is 32.1. The number of hydrogen-bond donors (Lipinski definition) is 2. The fourth-order valence-corrected chi connectivity index (χ4v) is 3.03. The first kappa shape index (κ1) is 17.0. The lowest BCUT2D eigenvalue weighted by molar-refractivity contribution is -0.0269.